The van der Waals surface area contributed by atoms with Gasteiger partial charge in [-0.15, -0.1) is 0 Å². The van der Waals surface area contributed by atoms with Gasteiger partial charge < -0.3 is 10.1 Å². The Morgan fingerprint density at radius 2 is 1.92 bits per heavy atom. The normalized spacial score (nSPS) is 10.3. The van der Waals surface area contributed by atoms with Crippen LogP contribution in [0.1, 0.15) is 0 Å². The van der Waals surface area contributed by atoms with E-state index in [1.54, 1.807) is 7.05 Å². The lowest BCUT2D eigenvalue weighted by molar-refractivity contribution is 0.313. The molecule has 7 heteroatoms. The van der Waals surface area contributed by atoms with E-state index in [1.807, 2.05) is 0 Å². The standard InChI is InChI=1S/C6H7N5O2/c1-7-5-6(12-2)9-4-3(8-5)10-13-11-4/h1-2H3,(H,7,8,10). The van der Waals surface area contributed by atoms with Gasteiger partial charge in [-0.05, 0) is 10.3 Å². The van der Waals surface area contributed by atoms with E-state index in [1.165, 1.54) is 7.11 Å². The van der Waals surface area contributed by atoms with Gasteiger partial charge in [-0.3, -0.25) is 0 Å². The van der Waals surface area contributed by atoms with Crippen molar-refractivity contribution in [1.29, 1.82) is 0 Å². The van der Waals surface area contributed by atoms with Gasteiger partial charge in [0.15, 0.2) is 5.82 Å². The number of nitrogens with one attached hydrogen (secondary N) is 1. The highest BCUT2D eigenvalue weighted by atomic mass is 16.6. The molecular weight excluding hydrogens is 174 g/mol. The molecule has 0 fully saturated rings. The molecule has 0 bridgehead atoms. The Balaban J connectivity index is 2.67. The first-order valence-corrected chi connectivity index (χ1v) is 3.57. The fourth-order valence-electron chi connectivity index (χ4n) is 0.928. The summed E-state index contributed by atoms with van der Waals surface area (Å²) >= 11 is 0. The van der Waals surface area contributed by atoms with Crippen molar-refractivity contribution >= 4 is 17.1 Å². The average molecular weight is 181 g/mol. The number of ether oxygens (including phenoxy) is 1. The van der Waals surface area contributed by atoms with Crippen LogP contribution in [0.15, 0.2) is 4.63 Å². The number of hydrogen-bond donors (Lipinski definition) is 1. The molecular formula is C6H7N5O2. The van der Waals surface area contributed by atoms with Crippen molar-refractivity contribution in [3.63, 3.8) is 0 Å². The second-order valence-corrected chi connectivity index (χ2v) is 2.24. The lowest BCUT2D eigenvalue weighted by atomic mass is 10.6. The Morgan fingerprint density at radius 1 is 1.23 bits per heavy atom. The fourth-order valence-corrected chi connectivity index (χ4v) is 0.928. The molecule has 0 unspecified atom stereocenters. The summed E-state index contributed by atoms with van der Waals surface area (Å²) in [6.45, 7) is 0. The molecule has 13 heavy (non-hydrogen) atoms. The van der Waals surface area contributed by atoms with E-state index in [-0.39, 0.29) is 0 Å². The van der Waals surface area contributed by atoms with Gasteiger partial charge in [-0.25, -0.2) is 4.63 Å². The predicted molar refractivity (Wildman–Crippen MR) is 43.5 cm³/mol. The van der Waals surface area contributed by atoms with Gasteiger partial charge in [-0.2, -0.15) is 9.97 Å². The number of methoxy groups -OCH3 is 1. The van der Waals surface area contributed by atoms with Crippen LogP contribution in [0.25, 0.3) is 11.3 Å². The SMILES string of the molecule is CNc1nc2nonc2nc1OC. The van der Waals surface area contributed by atoms with Crippen molar-refractivity contribution in [2.75, 3.05) is 19.5 Å². The molecule has 0 aromatic carbocycles. The molecule has 0 saturated carbocycles. The second-order valence-electron chi connectivity index (χ2n) is 2.24. The third-order valence-corrected chi connectivity index (χ3v) is 1.51. The highest BCUT2D eigenvalue weighted by Crippen LogP contribution is 2.20. The van der Waals surface area contributed by atoms with Gasteiger partial charge in [0.2, 0.25) is 11.3 Å². The van der Waals surface area contributed by atoms with Crippen LogP contribution in [-0.4, -0.2) is 34.4 Å². The van der Waals surface area contributed by atoms with Crippen molar-refractivity contribution in [3.05, 3.63) is 0 Å². The summed E-state index contributed by atoms with van der Waals surface area (Å²) in [4.78, 5) is 8.07. The van der Waals surface area contributed by atoms with Gasteiger partial charge in [0.1, 0.15) is 0 Å². The van der Waals surface area contributed by atoms with Crippen LogP contribution in [-0.2, 0) is 0 Å². The first-order valence-electron chi connectivity index (χ1n) is 3.57. The maximum absolute atomic E-state index is 4.97. The number of anilines is 1. The molecule has 7 nitrogen and oxygen atoms in total. The summed E-state index contributed by atoms with van der Waals surface area (Å²) < 4.78 is 9.42. The number of nitrogens with zero attached hydrogens (tertiary/aromatic N) is 4. The number of fused-ring (bicyclic) bond motifs is 1. The average Bonchev–Trinajstić information content (AvgIpc) is 2.62. The van der Waals surface area contributed by atoms with Crippen molar-refractivity contribution in [1.82, 2.24) is 20.3 Å². The van der Waals surface area contributed by atoms with Crippen LogP contribution in [0, 0.1) is 0 Å². The van der Waals surface area contributed by atoms with E-state index in [9.17, 15) is 0 Å². The van der Waals surface area contributed by atoms with E-state index in [4.69, 9.17) is 4.74 Å². The van der Waals surface area contributed by atoms with Crippen molar-refractivity contribution in [2.45, 2.75) is 0 Å². The quantitative estimate of drug-likeness (QED) is 0.701. The zero-order valence-corrected chi connectivity index (χ0v) is 7.11. The topological polar surface area (TPSA) is 86.0 Å². The van der Waals surface area contributed by atoms with Crippen LogP contribution in [0.2, 0.25) is 0 Å². The maximum Gasteiger partial charge on any atom is 0.259 e. The summed E-state index contributed by atoms with van der Waals surface area (Å²) in [6.07, 6.45) is 0. The van der Waals surface area contributed by atoms with E-state index >= 15 is 0 Å². The predicted octanol–water partition coefficient (Wildman–Crippen LogP) is 0.0631. The third kappa shape index (κ3) is 1.13. The molecule has 2 aromatic heterocycles. The Kier molecular flexibility index (Phi) is 1.69. The zero-order chi connectivity index (χ0) is 9.26. The Hall–Kier alpha value is -1.92. The minimum atomic E-state index is 0.329. The lowest BCUT2D eigenvalue weighted by Crippen LogP contribution is -1.99. The van der Waals surface area contributed by atoms with Crippen molar-refractivity contribution in [2.24, 2.45) is 0 Å². The molecule has 0 radical (unpaired) electrons. The molecule has 0 aliphatic carbocycles. The molecule has 0 aliphatic heterocycles. The van der Waals surface area contributed by atoms with Gasteiger partial charge in [0.05, 0.1) is 7.11 Å². The molecule has 0 aliphatic rings. The minimum Gasteiger partial charge on any atom is -0.478 e. The lowest BCUT2D eigenvalue weighted by Gasteiger charge is -2.02. The molecule has 0 amide bonds. The zero-order valence-electron chi connectivity index (χ0n) is 7.11. The van der Waals surface area contributed by atoms with E-state index < -0.39 is 0 Å². The monoisotopic (exact) mass is 181 g/mol. The fraction of sp³-hybridized carbons (Fsp3) is 0.333. The van der Waals surface area contributed by atoms with Gasteiger partial charge in [-0.1, -0.05) is 0 Å². The first-order chi connectivity index (χ1) is 6.35. The highest BCUT2D eigenvalue weighted by Gasteiger charge is 2.10. The molecule has 0 spiro atoms. The first kappa shape index (κ1) is 7.71. The smallest absolute Gasteiger partial charge is 0.259 e. The third-order valence-electron chi connectivity index (χ3n) is 1.51. The van der Waals surface area contributed by atoms with Crippen LogP contribution < -0.4 is 10.1 Å². The van der Waals surface area contributed by atoms with Crippen molar-refractivity contribution in [3.8, 4) is 5.88 Å². The number of rotatable bonds is 2. The summed E-state index contributed by atoms with van der Waals surface area (Å²) in [5.41, 5.74) is 0.681. The number of hydrogen-bond acceptors (Lipinski definition) is 7. The Bertz CT molecular complexity index is 388. The summed E-state index contributed by atoms with van der Waals surface area (Å²) in [7, 11) is 3.22. The van der Waals surface area contributed by atoms with Gasteiger partial charge in [0.25, 0.3) is 5.88 Å². The molecule has 2 heterocycles. The Labute approximate surface area is 73.1 Å². The number of aromatic nitrogens is 4. The van der Waals surface area contributed by atoms with Crippen molar-refractivity contribution < 1.29 is 9.37 Å². The Morgan fingerprint density at radius 3 is 2.54 bits per heavy atom. The van der Waals surface area contributed by atoms with Crippen LogP contribution >= 0.6 is 0 Å². The van der Waals surface area contributed by atoms with Crippen LogP contribution in [0.4, 0.5) is 5.82 Å². The molecule has 0 saturated heterocycles. The molecule has 68 valence electrons. The maximum atomic E-state index is 4.97. The van der Waals surface area contributed by atoms with E-state index in [2.05, 4.69) is 30.2 Å². The summed E-state index contributed by atoms with van der Waals surface area (Å²) in [6, 6.07) is 0. The van der Waals surface area contributed by atoms with Gasteiger partial charge in [0, 0.05) is 7.05 Å². The largest absolute Gasteiger partial charge is 0.478 e. The van der Waals surface area contributed by atoms with Crippen LogP contribution in [0.3, 0.4) is 0 Å². The summed E-state index contributed by atoms with van der Waals surface area (Å²) in [5, 5.41) is 9.90. The molecule has 2 rings (SSSR count). The highest BCUT2D eigenvalue weighted by molar-refractivity contribution is 5.68. The van der Waals surface area contributed by atoms with Gasteiger partial charge >= 0.3 is 0 Å². The van der Waals surface area contributed by atoms with Crippen LogP contribution in [0.5, 0.6) is 5.88 Å². The minimum absolute atomic E-state index is 0.329. The van der Waals surface area contributed by atoms with E-state index in [0.29, 0.717) is 23.0 Å². The summed E-state index contributed by atoms with van der Waals surface area (Å²) in [5.74, 6) is 0.872. The van der Waals surface area contributed by atoms with E-state index in [0.717, 1.165) is 0 Å². The second kappa shape index (κ2) is 2.85. The molecule has 0 atom stereocenters. The molecule has 2 aromatic rings. The molecule has 1 N–H and O–H groups in total.